The van der Waals surface area contributed by atoms with E-state index in [0.717, 1.165) is 53.7 Å². The molecule has 61 heavy (non-hydrogen) atoms. The van der Waals surface area contributed by atoms with Crippen molar-refractivity contribution >= 4 is 40.2 Å². The van der Waals surface area contributed by atoms with E-state index >= 15 is 0 Å². The summed E-state index contributed by atoms with van der Waals surface area (Å²) in [7, 11) is 0. The summed E-state index contributed by atoms with van der Waals surface area (Å²) in [5.74, 6) is -0.216. The number of anilines is 2. The number of H-pyrrole nitrogens is 1. The van der Waals surface area contributed by atoms with Crippen molar-refractivity contribution in [1.82, 2.24) is 20.5 Å². The van der Waals surface area contributed by atoms with Gasteiger partial charge in [-0.15, -0.1) is 0 Å². The number of phenols is 1. The van der Waals surface area contributed by atoms with E-state index in [9.17, 15) is 34.5 Å². The fourth-order valence-electron chi connectivity index (χ4n) is 7.99. The number of aliphatic hydroxyl groups excluding tert-OH is 1. The maximum atomic E-state index is 13.2. The van der Waals surface area contributed by atoms with E-state index in [-0.39, 0.29) is 41.1 Å². The Hall–Kier alpha value is -6.80. The van der Waals surface area contributed by atoms with Crippen molar-refractivity contribution in [1.29, 1.82) is 0 Å². The van der Waals surface area contributed by atoms with Gasteiger partial charge in [0.1, 0.15) is 5.75 Å². The predicted molar refractivity (Wildman–Crippen MR) is 237 cm³/mol. The predicted octanol–water partition coefficient (Wildman–Crippen LogP) is 6.99. The van der Waals surface area contributed by atoms with Crippen LogP contribution in [0, 0.1) is 0 Å². The maximum Gasteiger partial charge on any atom is 0.409 e. The number of amides is 3. The second kappa shape index (κ2) is 20.0. The lowest BCUT2D eigenvalue weighted by Crippen LogP contribution is -2.36. The molecule has 0 saturated carbocycles. The quantitative estimate of drug-likeness (QED) is 0.0475. The van der Waals surface area contributed by atoms with Gasteiger partial charge < -0.3 is 41.2 Å². The number of hydrogen-bond acceptors (Lipinski definition) is 8. The molecule has 13 heteroatoms. The summed E-state index contributed by atoms with van der Waals surface area (Å²) in [5, 5.41) is 43.1. The number of likely N-dealkylation sites (tertiary alicyclic amines) is 1. The van der Waals surface area contributed by atoms with E-state index in [2.05, 4.69) is 31.2 Å². The average molecular weight is 823 g/mol. The number of fused-ring (bicyclic) bond motifs is 1. The Bertz CT molecular complexity index is 2550. The van der Waals surface area contributed by atoms with Crippen LogP contribution < -0.4 is 26.8 Å². The third kappa shape index (κ3) is 11.1. The molecular formula is C48H50N6O7. The van der Waals surface area contributed by atoms with Crippen molar-refractivity contribution < 1.29 is 29.7 Å². The summed E-state index contributed by atoms with van der Waals surface area (Å²) in [4.78, 5) is 54.5. The fourth-order valence-corrected chi connectivity index (χ4v) is 7.99. The van der Waals surface area contributed by atoms with Crippen molar-refractivity contribution in [2.24, 2.45) is 0 Å². The van der Waals surface area contributed by atoms with Crippen LogP contribution in [-0.4, -0.2) is 75.8 Å². The van der Waals surface area contributed by atoms with Crippen LogP contribution in [0.15, 0.2) is 126 Å². The van der Waals surface area contributed by atoms with Crippen LogP contribution in [0.1, 0.15) is 63.9 Å². The monoisotopic (exact) mass is 822 g/mol. The minimum atomic E-state index is -1.09. The average Bonchev–Trinajstić information content (AvgIpc) is 3.27. The number of benzene rings is 5. The highest BCUT2D eigenvalue weighted by molar-refractivity contribution is 6.04. The number of piperidine rings is 1. The van der Waals surface area contributed by atoms with Crippen LogP contribution in [0.3, 0.4) is 0 Å². The molecule has 1 aromatic heterocycles. The Kier molecular flexibility index (Phi) is 13.9. The number of rotatable bonds is 16. The van der Waals surface area contributed by atoms with E-state index in [0.29, 0.717) is 60.4 Å². The van der Waals surface area contributed by atoms with Crippen LogP contribution in [0.25, 0.3) is 22.0 Å². The molecule has 1 saturated heterocycles. The molecule has 7 rings (SSSR count). The van der Waals surface area contributed by atoms with E-state index in [4.69, 9.17) is 0 Å². The van der Waals surface area contributed by atoms with Crippen LogP contribution in [-0.2, 0) is 17.8 Å². The largest absolute Gasteiger partial charge is 0.506 e. The summed E-state index contributed by atoms with van der Waals surface area (Å²) in [6.45, 7) is 3.32. The lowest BCUT2D eigenvalue weighted by Gasteiger charge is -2.33. The van der Waals surface area contributed by atoms with Gasteiger partial charge in [-0.1, -0.05) is 78.9 Å². The van der Waals surface area contributed by atoms with E-state index in [1.165, 1.54) is 12.1 Å². The second-order valence-corrected chi connectivity index (χ2v) is 15.3. The summed E-state index contributed by atoms with van der Waals surface area (Å²) in [5.41, 5.74) is 6.89. The number of aliphatic hydroxyl groups is 1. The Morgan fingerprint density at radius 1 is 0.820 bits per heavy atom. The molecule has 1 fully saturated rings. The summed E-state index contributed by atoms with van der Waals surface area (Å²) >= 11 is 0. The summed E-state index contributed by atoms with van der Waals surface area (Å²) in [6, 6.07) is 36.5. The molecule has 0 spiro atoms. The molecule has 6 aromatic rings. The molecule has 2 heterocycles. The molecule has 3 amide bonds. The molecule has 1 atom stereocenters. The number of aromatic nitrogens is 1. The zero-order valence-electron chi connectivity index (χ0n) is 33.7. The number of carbonyl (C=O) groups excluding carboxylic acids is 2. The molecule has 1 aliphatic heterocycles. The molecule has 314 valence electrons. The van der Waals surface area contributed by atoms with Gasteiger partial charge in [0.2, 0.25) is 11.5 Å². The first kappa shape index (κ1) is 42.3. The molecule has 0 aliphatic carbocycles. The van der Waals surface area contributed by atoms with Gasteiger partial charge in [0, 0.05) is 54.3 Å². The zero-order valence-corrected chi connectivity index (χ0v) is 33.7. The van der Waals surface area contributed by atoms with E-state index < -0.39 is 12.2 Å². The van der Waals surface area contributed by atoms with Gasteiger partial charge in [0.05, 0.1) is 17.3 Å². The molecule has 0 unspecified atom stereocenters. The minimum Gasteiger partial charge on any atom is -0.506 e. The smallest absolute Gasteiger partial charge is 0.409 e. The number of nitrogens with zero attached hydrogens (tertiary/aromatic N) is 1. The van der Waals surface area contributed by atoms with Gasteiger partial charge in [-0.3, -0.25) is 19.7 Å². The van der Waals surface area contributed by atoms with Gasteiger partial charge >= 0.3 is 6.09 Å². The summed E-state index contributed by atoms with van der Waals surface area (Å²) in [6.07, 6.45) is 0.725. The molecule has 8 N–H and O–H groups in total. The normalized spacial score (nSPS) is 13.7. The van der Waals surface area contributed by atoms with Crippen LogP contribution in [0.5, 0.6) is 5.75 Å². The first-order valence-corrected chi connectivity index (χ1v) is 20.5. The van der Waals surface area contributed by atoms with Gasteiger partial charge in [-0.2, -0.15) is 0 Å². The van der Waals surface area contributed by atoms with Crippen molar-refractivity contribution in [2.75, 3.05) is 43.4 Å². The van der Waals surface area contributed by atoms with Crippen LogP contribution >= 0.6 is 0 Å². The number of nitrogens with one attached hydrogen (secondary N) is 5. The molecule has 1 aliphatic rings. The number of aromatic hydroxyl groups is 1. The fraction of sp³-hybridized carbons (Fsp3) is 0.250. The van der Waals surface area contributed by atoms with Gasteiger partial charge in [0.15, 0.2) is 0 Å². The number of carboxylic acid groups (broad SMARTS) is 1. The molecule has 0 radical (unpaired) electrons. The second-order valence-electron chi connectivity index (χ2n) is 15.3. The highest BCUT2D eigenvalue weighted by atomic mass is 16.4. The highest BCUT2D eigenvalue weighted by Gasteiger charge is 2.25. The third-order valence-electron chi connectivity index (χ3n) is 11.2. The number of hydrogen-bond donors (Lipinski definition) is 8. The van der Waals surface area contributed by atoms with E-state index in [1.807, 2.05) is 78.9 Å². The molecular weight excluding hydrogens is 773 g/mol. The minimum absolute atomic E-state index is 0.0612. The van der Waals surface area contributed by atoms with Gasteiger partial charge in [0.25, 0.3) is 5.91 Å². The SMILES string of the molecule is O=C(O)Nc1c(-c2ccccc2)cccc1C1CCN(CCC(=O)NCc2cccc(C(=O)Nc3cccc(CCNC[C@H](O)c4ccc(O)c5[nH]c(=O)ccc45)c3)c2)CC1. The van der Waals surface area contributed by atoms with Crippen molar-refractivity contribution in [3.8, 4) is 16.9 Å². The van der Waals surface area contributed by atoms with E-state index in [1.54, 1.807) is 30.3 Å². The van der Waals surface area contributed by atoms with Crippen LogP contribution in [0.2, 0.25) is 0 Å². The number of para-hydroxylation sites is 1. The molecule has 0 bridgehead atoms. The number of phenolic OH excluding ortho intramolecular Hbond substituents is 1. The first-order chi connectivity index (χ1) is 29.6. The first-order valence-electron chi connectivity index (χ1n) is 20.5. The third-order valence-corrected chi connectivity index (χ3v) is 11.2. The highest BCUT2D eigenvalue weighted by Crippen LogP contribution is 2.39. The van der Waals surface area contributed by atoms with Crippen molar-refractivity contribution in [3.05, 3.63) is 159 Å². The van der Waals surface area contributed by atoms with Crippen molar-refractivity contribution in [2.45, 2.75) is 44.2 Å². The lowest BCUT2D eigenvalue weighted by atomic mass is 9.86. The standard InChI is InChI=1S/C48H50N6O7/c55-41-17-15-39(40-16-18-44(58)52-46(40)41)42(56)30-49-23-19-31-7-5-12-36(28-31)51-47(59)35-11-4-8-32(27-35)29-50-43(57)22-26-54-24-20-34(21-25-54)38-14-6-13-37(45(38)53-48(60)61)33-9-2-1-3-10-33/h1-18,27-28,34,42,49,53,55-56H,19-26,29-30H2,(H,50,57)(H,51,59)(H,52,58)(H,60,61)/t42-/m0/s1. The Morgan fingerprint density at radius 3 is 2.39 bits per heavy atom. The molecule has 5 aromatic carbocycles. The van der Waals surface area contributed by atoms with Gasteiger partial charge in [-0.05, 0) is 109 Å². The maximum absolute atomic E-state index is 13.2. The Labute approximate surface area is 353 Å². The van der Waals surface area contributed by atoms with Crippen molar-refractivity contribution in [3.63, 3.8) is 0 Å². The number of carbonyl (C=O) groups is 3. The Morgan fingerprint density at radius 2 is 1.59 bits per heavy atom. The van der Waals surface area contributed by atoms with Gasteiger partial charge in [-0.25, -0.2) is 4.79 Å². The number of aromatic amines is 1. The topological polar surface area (TPSA) is 196 Å². The summed E-state index contributed by atoms with van der Waals surface area (Å²) < 4.78 is 0. The van der Waals surface area contributed by atoms with Crippen LogP contribution in [0.4, 0.5) is 16.2 Å². The molecule has 13 nitrogen and oxygen atoms in total. The zero-order chi connectivity index (χ0) is 42.7. The lowest BCUT2D eigenvalue weighted by molar-refractivity contribution is -0.121. The number of pyridine rings is 1. The Balaban J connectivity index is 0.840.